The summed E-state index contributed by atoms with van der Waals surface area (Å²) in [7, 11) is 0. The summed E-state index contributed by atoms with van der Waals surface area (Å²) in [5, 5.41) is 1.27. The van der Waals surface area contributed by atoms with Gasteiger partial charge in [0, 0.05) is 47.3 Å². The van der Waals surface area contributed by atoms with Crippen LogP contribution < -0.4 is 0 Å². The van der Waals surface area contributed by atoms with Crippen molar-refractivity contribution >= 4 is 10.9 Å². The van der Waals surface area contributed by atoms with Gasteiger partial charge < -0.3 is 9.13 Å². The zero-order valence-corrected chi connectivity index (χ0v) is 18.3. The molecule has 158 valence electrons. The average Bonchev–Trinajstić information content (AvgIpc) is 3.54. The normalized spacial score (nSPS) is 11.2. The Morgan fingerprint density at radius 2 is 1.18 bits per heavy atom. The molecule has 0 bridgehead atoms. The van der Waals surface area contributed by atoms with Crippen LogP contribution >= 0.6 is 0 Å². The predicted octanol–water partition coefficient (Wildman–Crippen LogP) is 7.81. The smallest absolute Gasteiger partial charge is 0.0491 e. The summed E-state index contributed by atoms with van der Waals surface area (Å²) in [5.41, 5.74) is 8.72. The molecule has 2 aromatic heterocycles. The van der Waals surface area contributed by atoms with E-state index in [4.69, 9.17) is 0 Å². The van der Waals surface area contributed by atoms with E-state index in [0.29, 0.717) is 0 Å². The minimum atomic E-state index is 0.835. The summed E-state index contributed by atoms with van der Waals surface area (Å²) in [6, 6.07) is 41.0. The van der Waals surface area contributed by atoms with E-state index in [0.717, 1.165) is 6.54 Å². The van der Waals surface area contributed by atoms with Crippen LogP contribution in [0.2, 0.25) is 0 Å². The van der Waals surface area contributed by atoms with Gasteiger partial charge in [-0.1, -0.05) is 84.9 Å². The molecule has 0 aliphatic heterocycles. The Morgan fingerprint density at radius 1 is 0.545 bits per heavy atom. The van der Waals surface area contributed by atoms with Crippen LogP contribution in [0.5, 0.6) is 0 Å². The topological polar surface area (TPSA) is 9.86 Å². The van der Waals surface area contributed by atoms with Crippen LogP contribution in [0.4, 0.5) is 0 Å². The maximum absolute atomic E-state index is 2.37. The lowest BCUT2D eigenvalue weighted by molar-refractivity contribution is 0.837. The van der Waals surface area contributed by atoms with Crippen LogP contribution in [-0.4, -0.2) is 9.13 Å². The number of aromatic nitrogens is 2. The molecule has 0 N–H and O–H groups in total. The molecule has 0 atom stereocenters. The second kappa shape index (κ2) is 8.33. The van der Waals surface area contributed by atoms with E-state index in [1.165, 1.54) is 44.4 Å². The average molecular weight is 425 g/mol. The molecule has 4 aromatic carbocycles. The third-order valence-corrected chi connectivity index (χ3v) is 6.27. The molecule has 0 aliphatic carbocycles. The molecule has 2 heteroatoms. The van der Waals surface area contributed by atoms with Crippen molar-refractivity contribution in [3.05, 3.63) is 139 Å². The first-order valence-corrected chi connectivity index (χ1v) is 11.3. The highest BCUT2D eigenvalue weighted by atomic mass is 15.0. The third-order valence-electron chi connectivity index (χ3n) is 6.27. The first kappa shape index (κ1) is 19.4. The first-order chi connectivity index (χ1) is 16.3. The quantitative estimate of drug-likeness (QED) is 0.267. The zero-order chi connectivity index (χ0) is 22.0. The molecule has 0 aliphatic rings. The highest BCUT2D eigenvalue weighted by Gasteiger charge is 2.12. The van der Waals surface area contributed by atoms with Gasteiger partial charge >= 0.3 is 0 Å². The number of rotatable bonds is 5. The predicted molar refractivity (Wildman–Crippen MR) is 138 cm³/mol. The molecule has 0 saturated carbocycles. The van der Waals surface area contributed by atoms with Gasteiger partial charge in [-0.05, 0) is 52.6 Å². The molecule has 0 radical (unpaired) electrons. The number of nitrogens with zero attached hydrogens (tertiary/aromatic N) is 2. The van der Waals surface area contributed by atoms with Crippen molar-refractivity contribution in [1.29, 1.82) is 0 Å². The Morgan fingerprint density at radius 3 is 1.88 bits per heavy atom. The fourth-order valence-corrected chi connectivity index (χ4v) is 4.56. The summed E-state index contributed by atoms with van der Waals surface area (Å²) < 4.78 is 4.53. The van der Waals surface area contributed by atoms with Gasteiger partial charge in [-0.2, -0.15) is 0 Å². The number of hydrogen-bond acceptors (Lipinski definition) is 0. The molecule has 6 aromatic rings. The van der Waals surface area contributed by atoms with Crippen molar-refractivity contribution in [1.82, 2.24) is 9.13 Å². The molecule has 0 unspecified atom stereocenters. The van der Waals surface area contributed by atoms with Crippen LogP contribution in [-0.2, 0) is 6.54 Å². The van der Waals surface area contributed by atoms with Crippen LogP contribution in [0.15, 0.2) is 134 Å². The van der Waals surface area contributed by atoms with Gasteiger partial charge in [-0.15, -0.1) is 0 Å². The van der Waals surface area contributed by atoms with Crippen molar-refractivity contribution < 1.29 is 0 Å². The van der Waals surface area contributed by atoms with Gasteiger partial charge in [0.1, 0.15) is 0 Å². The van der Waals surface area contributed by atoms with Gasteiger partial charge in [-0.25, -0.2) is 0 Å². The van der Waals surface area contributed by atoms with E-state index >= 15 is 0 Å². The first-order valence-electron chi connectivity index (χ1n) is 11.3. The Bertz CT molecular complexity index is 1490. The van der Waals surface area contributed by atoms with Crippen LogP contribution in [0.25, 0.3) is 38.8 Å². The van der Waals surface area contributed by atoms with Gasteiger partial charge in [0.05, 0.1) is 0 Å². The molecule has 0 spiro atoms. The van der Waals surface area contributed by atoms with E-state index in [9.17, 15) is 0 Å². The summed E-state index contributed by atoms with van der Waals surface area (Å²) >= 11 is 0. The Balaban J connectivity index is 1.41. The van der Waals surface area contributed by atoms with E-state index in [-0.39, 0.29) is 0 Å². The summed E-state index contributed by atoms with van der Waals surface area (Å²) in [6.45, 7) is 0.835. The number of fused-ring (bicyclic) bond motifs is 1. The van der Waals surface area contributed by atoms with Crippen molar-refractivity contribution in [2.24, 2.45) is 0 Å². The molecule has 6 rings (SSSR count). The Kier molecular flexibility index (Phi) is 4.89. The molecule has 0 saturated heterocycles. The molecule has 0 fully saturated rings. The number of benzene rings is 4. The van der Waals surface area contributed by atoms with Crippen molar-refractivity contribution in [2.45, 2.75) is 6.54 Å². The maximum Gasteiger partial charge on any atom is 0.0491 e. The fourth-order valence-electron chi connectivity index (χ4n) is 4.56. The minimum absolute atomic E-state index is 0.835. The standard InChI is InChI=1S/C31H24N2/c1-3-9-25(10-4-1)26-15-13-24(14-16-26)22-33-23-30(27-11-5-2-6-12-27)29-21-28(17-18-31(29)33)32-19-7-8-20-32/h1-21,23H,22H2. The van der Waals surface area contributed by atoms with Crippen LogP contribution in [0.1, 0.15) is 5.56 Å². The van der Waals surface area contributed by atoms with E-state index in [2.05, 4.69) is 143 Å². The highest BCUT2D eigenvalue weighted by Crippen LogP contribution is 2.33. The van der Waals surface area contributed by atoms with Gasteiger partial charge in [-0.3, -0.25) is 0 Å². The van der Waals surface area contributed by atoms with Crippen LogP contribution in [0, 0.1) is 0 Å². The SMILES string of the molecule is c1ccc(-c2ccc(Cn3cc(-c4ccccc4)c4cc(-n5cccc5)ccc43)cc2)cc1. The second-order valence-corrected chi connectivity index (χ2v) is 8.39. The Labute approximate surface area is 194 Å². The monoisotopic (exact) mass is 424 g/mol. The van der Waals surface area contributed by atoms with Crippen LogP contribution in [0.3, 0.4) is 0 Å². The second-order valence-electron chi connectivity index (χ2n) is 8.39. The largest absolute Gasteiger partial charge is 0.342 e. The van der Waals surface area contributed by atoms with E-state index in [1.54, 1.807) is 0 Å². The minimum Gasteiger partial charge on any atom is -0.342 e. The highest BCUT2D eigenvalue weighted by molar-refractivity contribution is 5.97. The van der Waals surface area contributed by atoms with Gasteiger partial charge in [0.2, 0.25) is 0 Å². The molecule has 2 heterocycles. The molecular weight excluding hydrogens is 400 g/mol. The lowest BCUT2D eigenvalue weighted by atomic mass is 10.0. The summed E-state index contributed by atoms with van der Waals surface area (Å²) in [4.78, 5) is 0. The maximum atomic E-state index is 2.37. The third kappa shape index (κ3) is 3.77. The summed E-state index contributed by atoms with van der Waals surface area (Å²) in [5.74, 6) is 0. The van der Waals surface area contributed by atoms with Crippen molar-refractivity contribution in [2.75, 3.05) is 0 Å². The molecule has 0 amide bonds. The molecule has 2 nitrogen and oxygen atoms in total. The fraction of sp³-hybridized carbons (Fsp3) is 0.0323. The van der Waals surface area contributed by atoms with Gasteiger partial charge in [0.25, 0.3) is 0 Å². The van der Waals surface area contributed by atoms with Gasteiger partial charge in [0.15, 0.2) is 0 Å². The summed E-state index contributed by atoms with van der Waals surface area (Å²) in [6.07, 6.45) is 6.48. The zero-order valence-electron chi connectivity index (χ0n) is 18.3. The molecular formula is C31H24N2. The van der Waals surface area contributed by atoms with E-state index < -0.39 is 0 Å². The lowest BCUT2D eigenvalue weighted by Gasteiger charge is -2.08. The van der Waals surface area contributed by atoms with E-state index in [1.807, 2.05) is 0 Å². The Hall–Kier alpha value is -4.30. The number of hydrogen-bond donors (Lipinski definition) is 0. The lowest BCUT2D eigenvalue weighted by Crippen LogP contribution is -1.98. The van der Waals surface area contributed by atoms with Crippen molar-refractivity contribution in [3.63, 3.8) is 0 Å². The van der Waals surface area contributed by atoms with Crippen molar-refractivity contribution in [3.8, 4) is 27.9 Å². The molecule has 33 heavy (non-hydrogen) atoms.